The second kappa shape index (κ2) is 2.95. The molecule has 0 spiro atoms. The maximum absolute atomic E-state index is 10.9. The van der Waals surface area contributed by atoms with Gasteiger partial charge < -0.3 is 4.98 Å². The van der Waals surface area contributed by atoms with Crippen LogP contribution in [0, 0.1) is 10.1 Å². The molecule has 0 radical (unpaired) electrons. The van der Waals surface area contributed by atoms with E-state index in [1.165, 1.54) is 6.07 Å². The molecule has 2 N–H and O–H groups in total. The predicted molar refractivity (Wildman–Crippen MR) is 53.3 cm³/mol. The Morgan fingerprint density at radius 3 is 2.71 bits per heavy atom. The van der Waals surface area contributed by atoms with E-state index in [1.54, 1.807) is 6.07 Å². The average molecular weight is 258 g/mol. The number of benzene rings is 1. The minimum atomic E-state index is -0.545. The van der Waals surface area contributed by atoms with Gasteiger partial charge in [-0.15, -0.1) is 0 Å². The highest BCUT2D eigenvalue weighted by molar-refractivity contribution is 9.10. The molecule has 2 rings (SSSR count). The van der Waals surface area contributed by atoms with Gasteiger partial charge in [-0.05, 0) is 28.1 Å². The van der Waals surface area contributed by atoms with Crippen LogP contribution in [-0.4, -0.2) is 14.9 Å². The molecule has 0 aliphatic heterocycles. The van der Waals surface area contributed by atoms with Gasteiger partial charge in [0.15, 0.2) is 0 Å². The topological polar surface area (TPSA) is 91.8 Å². The monoisotopic (exact) mass is 257 g/mol. The van der Waals surface area contributed by atoms with Crippen molar-refractivity contribution in [1.29, 1.82) is 0 Å². The first kappa shape index (κ1) is 8.95. The van der Waals surface area contributed by atoms with E-state index in [1.807, 2.05) is 0 Å². The van der Waals surface area contributed by atoms with Gasteiger partial charge in [-0.3, -0.25) is 15.1 Å². The molecule has 0 unspecified atom stereocenters. The lowest BCUT2D eigenvalue weighted by Crippen LogP contribution is -1.99. The standard InChI is InChI=1S/C7H4BrN3O3/c8-3-1-2-4-5(6(3)11(13)14)10-7(12)9-4/h1-2H,(H2,9,10,12). The van der Waals surface area contributed by atoms with Gasteiger partial charge in [-0.1, -0.05) is 0 Å². The Labute approximate surface area is 85.2 Å². The number of H-pyrrole nitrogens is 2. The van der Waals surface area contributed by atoms with Crippen molar-refractivity contribution in [1.82, 2.24) is 9.97 Å². The van der Waals surface area contributed by atoms with Crippen LogP contribution in [-0.2, 0) is 0 Å². The van der Waals surface area contributed by atoms with Crippen LogP contribution in [0.15, 0.2) is 21.4 Å². The molecule has 1 heterocycles. The highest BCUT2D eigenvalue weighted by Crippen LogP contribution is 2.30. The summed E-state index contributed by atoms with van der Waals surface area (Å²) in [7, 11) is 0. The van der Waals surface area contributed by atoms with Crippen LogP contribution in [0.1, 0.15) is 0 Å². The molecule has 0 aliphatic carbocycles. The first-order valence-electron chi connectivity index (χ1n) is 3.64. The number of imidazole rings is 1. The van der Waals surface area contributed by atoms with Crippen molar-refractivity contribution in [3.63, 3.8) is 0 Å². The van der Waals surface area contributed by atoms with Crippen molar-refractivity contribution in [3.8, 4) is 0 Å². The molecule has 6 nitrogen and oxygen atoms in total. The average Bonchev–Trinajstić information content (AvgIpc) is 2.43. The van der Waals surface area contributed by atoms with E-state index in [9.17, 15) is 14.9 Å². The number of nitro benzene ring substituents is 1. The summed E-state index contributed by atoms with van der Waals surface area (Å²) in [5, 5.41) is 10.7. The van der Waals surface area contributed by atoms with Gasteiger partial charge in [0.25, 0.3) is 0 Å². The lowest BCUT2D eigenvalue weighted by molar-refractivity contribution is -0.384. The Hall–Kier alpha value is -1.63. The molecule has 14 heavy (non-hydrogen) atoms. The number of hydrogen-bond acceptors (Lipinski definition) is 3. The van der Waals surface area contributed by atoms with E-state index in [0.29, 0.717) is 9.99 Å². The van der Waals surface area contributed by atoms with Crippen LogP contribution in [0.25, 0.3) is 11.0 Å². The van der Waals surface area contributed by atoms with Crippen LogP contribution in [0.5, 0.6) is 0 Å². The zero-order chi connectivity index (χ0) is 10.3. The molecule has 0 atom stereocenters. The molecule has 2 aromatic rings. The molecule has 0 aliphatic rings. The fraction of sp³-hybridized carbons (Fsp3) is 0. The number of nitrogens with one attached hydrogen (secondary N) is 2. The van der Waals surface area contributed by atoms with E-state index in [0.717, 1.165) is 0 Å². The fourth-order valence-electron chi connectivity index (χ4n) is 1.24. The summed E-state index contributed by atoms with van der Waals surface area (Å²) in [6.07, 6.45) is 0. The maximum atomic E-state index is 10.9. The van der Waals surface area contributed by atoms with Crippen LogP contribution in [0.3, 0.4) is 0 Å². The Balaban J connectivity index is 2.95. The molecule has 0 fully saturated rings. The van der Waals surface area contributed by atoms with Crippen LogP contribution in [0.2, 0.25) is 0 Å². The number of rotatable bonds is 1. The Morgan fingerprint density at radius 1 is 1.36 bits per heavy atom. The Kier molecular flexibility index (Phi) is 1.88. The molecule has 1 aromatic heterocycles. The summed E-state index contributed by atoms with van der Waals surface area (Å²) in [4.78, 5) is 25.9. The molecule has 0 saturated carbocycles. The van der Waals surface area contributed by atoms with Gasteiger partial charge in [0.05, 0.1) is 14.9 Å². The van der Waals surface area contributed by atoms with Gasteiger partial charge in [-0.2, -0.15) is 0 Å². The van der Waals surface area contributed by atoms with Crippen molar-refractivity contribution >= 4 is 32.7 Å². The van der Waals surface area contributed by atoms with Crippen LogP contribution >= 0.6 is 15.9 Å². The van der Waals surface area contributed by atoms with Gasteiger partial charge in [0.2, 0.25) is 0 Å². The second-order valence-electron chi connectivity index (χ2n) is 2.65. The van der Waals surface area contributed by atoms with Crippen molar-refractivity contribution in [2.45, 2.75) is 0 Å². The van der Waals surface area contributed by atoms with Gasteiger partial charge in [-0.25, -0.2) is 4.79 Å². The summed E-state index contributed by atoms with van der Waals surface area (Å²) in [6.45, 7) is 0. The molecule has 1 aromatic carbocycles. The second-order valence-corrected chi connectivity index (χ2v) is 3.51. The minimum Gasteiger partial charge on any atom is -0.305 e. The molecule has 7 heteroatoms. The largest absolute Gasteiger partial charge is 0.324 e. The van der Waals surface area contributed by atoms with Crippen molar-refractivity contribution < 1.29 is 4.92 Å². The molecule has 0 saturated heterocycles. The van der Waals surface area contributed by atoms with Crippen LogP contribution < -0.4 is 5.69 Å². The number of aromatic amines is 2. The van der Waals surface area contributed by atoms with E-state index >= 15 is 0 Å². The first-order valence-corrected chi connectivity index (χ1v) is 4.44. The first-order chi connectivity index (χ1) is 6.59. The zero-order valence-electron chi connectivity index (χ0n) is 6.70. The summed E-state index contributed by atoms with van der Waals surface area (Å²) in [6, 6.07) is 3.11. The number of nitrogens with zero attached hydrogens (tertiary/aromatic N) is 1. The maximum Gasteiger partial charge on any atom is 0.324 e. The van der Waals surface area contributed by atoms with E-state index in [-0.39, 0.29) is 11.2 Å². The molecule has 0 amide bonds. The number of fused-ring (bicyclic) bond motifs is 1. The zero-order valence-corrected chi connectivity index (χ0v) is 8.29. The SMILES string of the molecule is O=c1[nH]c2ccc(Br)c([N+](=O)[O-])c2[nH]1. The molecule has 0 bridgehead atoms. The predicted octanol–water partition coefficient (Wildman–Crippen LogP) is 1.53. The van der Waals surface area contributed by atoms with Crippen molar-refractivity contribution in [2.75, 3.05) is 0 Å². The quantitative estimate of drug-likeness (QED) is 0.600. The lowest BCUT2D eigenvalue weighted by Gasteiger charge is -1.95. The summed E-state index contributed by atoms with van der Waals surface area (Å²) >= 11 is 3.05. The normalized spacial score (nSPS) is 10.6. The van der Waals surface area contributed by atoms with E-state index in [2.05, 4.69) is 25.9 Å². The molecule has 72 valence electrons. The molecular formula is C7H4BrN3O3. The smallest absolute Gasteiger partial charge is 0.305 e. The Bertz CT molecular complexity index is 571. The number of halogens is 1. The third kappa shape index (κ3) is 1.22. The summed E-state index contributed by atoms with van der Waals surface area (Å²) in [5.41, 5.74) is 0.0290. The van der Waals surface area contributed by atoms with Gasteiger partial charge in [0, 0.05) is 0 Å². The summed E-state index contributed by atoms with van der Waals surface area (Å²) < 4.78 is 0.338. The van der Waals surface area contributed by atoms with Gasteiger partial charge >= 0.3 is 11.4 Å². The third-order valence-electron chi connectivity index (χ3n) is 1.80. The fourth-order valence-corrected chi connectivity index (χ4v) is 1.72. The van der Waals surface area contributed by atoms with E-state index < -0.39 is 10.6 Å². The Morgan fingerprint density at radius 2 is 2.07 bits per heavy atom. The minimum absolute atomic E-state index is 0.138. The van der Waals surface area contributed by atoms with Gasteiger partial charge in [0.1, 0.15) is 5.52 Å². The van der Waals surface area contributed by atoms with Crippen LogP contribution in [0.4, 0.5) is 5.69 Å². The number of nitro groups is 1. The number of hydrogen-bond donors (Lipinski definition) is 2. The third-order valence-corrected chi connectivity index (χ3v) is 2.44. The number of aromatic nitrogens is 2. The lowest BCUT2D eigenvalue weighted by atomic mass is 10.3. The highest BCUT2D eigenvalue weighted by atomic mass is 79.9. The molecular weight excluding hydrogens is 254 g/mol. The van der Waals surface area contributed by atoms with E-state index in [4.69, 9.17) is 0 Å². The van der Waals surface area contributed by atoms with Crippen molar-refractivity contribution in [2.24, 2.45) is 0 Å². The highest BCUT2D eigenvalue weighted by Gasteiger charge is 2.18. The van der Waals surface area contributed by atoms with Crippen molar-refractivity contribution in [3.05, 3.63) is 37.2 Å². The summed E-state index contributed by atoms with van der Waals surface area (Å²) in [5.74, 6) is 0.